The van der Waals surface area contributed by atoms with Crippen molar-refractivity contribution in [3.63, 3.8) is 0 Å². The molecule has 2 fully saturated rings. The molecule has 3 N–H and O–H groups in total. The van der Waals surface area contributed by atoms with Crippen molar-refractivity contribution in [2.24, 2.45) is 10.8 Å². The SMILES string of the molecule is OC[C@@]12CC[C@]1(CO)CNC2. The second-order valence-corrected chi connectivity index (χ2v) is 3.98. The summed E-state index contributed by atoms with van der Waals surface area (Å²) in [5.41, 5.74) is 0.0312. The fourth-order valence-electron chi connectivity index (χ4n) is 2.53. The van der Waals surface area contributed by atoms with Crippen LogP contribution in [0.5, 0.6) is 0 Å². The summed E-state index contributed by atoms with van der Waals surface area (Å²) in [6, 6.07) is 0. The molecule has 11 heavy (non-hydrogen) atoms. The molecule has 2 aliphatic rings. The van der Waals surface area contributed by atoms with Crippen LogP contribution in [0.15, 0.2) is 0 Å². The second-order valence-electron chi connectivity index (χ2n) is 3.98. The summed E-state index contributed by atoms with van der Waals surface area (Å²) in [6.45, 7) is 2.20. The molecule has 0 aromatic carbocycles. The van der Waals surface area contributed by atoms with E-state index < -0.39 is 0 Å². The van der Waals surface area contributed by atoms with E-state index in [9.17, 15) is 10.2 Å². The largest absolute Gasteiger partial charge is 0.396 e. The van der Waals surface area contributed by atoms with Crippen LogP contribution in [0.2, 0.25) is 0 Å². The van der Waals surface area contributed by atoms with E-state index in [1.165, 1.54) is 0 Å². The van der Waals surface area contributed by atoms with E-state index in [-0.39, 0.29) is 24.0 Å². The lowest BCUT2D eigenvalue weighted by Crippen LogP contribution is -2.54. The number of aliphatic hydroxyl groups is 2. The number of aliphatic hydroxyl groups excluding tert-OH is 2. The summed E-state index contributed by atoms with van der Waals surface area (Å²) < 4.78 is 0. The molecule has 0 radical (unpaired) electrons. The number of rotatable bonds is 2. The van der Waals surface area contributed by atoms with Gasteiger partial charge in [-0.05, 0) is 12.8 Å². The standard InChI is InChI=1S/C8H15NO2/c10-5-7-1-2-8(7,6-11)4-9-3-7/h9-11H,1-6H2/t7-,8+. The molecule has 1 saturated heterocycles. The van der Waals surface area contributed by atoms with Crippen LogP contribution < -0.4 is 5.32 Å². The van der Waals surface area contributed by atoms with Crippen LogP contribution in [0, 0.1) is 10.8 Å². The second kappa shape index (κ2) is 2.19. The number of fused-ring (bicyclic) bond motifs is 1. The third kappa shape index (κ3) is 0.687. The Morgan fingerprint density at radius 3 is 1.73 bits per heavy atom. The van der Waals surface area contributed by atoms with Crippen molar-refractivity contribution in [1.82, 2.24) is 5.32 Å². The normalized spacial score (nSPS) is 48.5. The average Bonchev–Trinajstić information content (AvgIpc) is 2.26. The molecule has 0 amide bonds. The van der Waals surface area contributed by atoms with Crippen LogP contribution in [0.4, 0.5) is 0 Å². The lowest BCUT2D eigenvalue weighted by atomic mass is 9.52. The molecule has 0 aromatic rings. The van der Waals surface area contributed by atoms with Gasteiger partial charge in [0.05, 0.1) is 13.2 Å². The van der Waals surface area contributed by atoms with Gasteiger partial charge in [0.1, 0.15) is 0 Å². The van der Waals surface area contributed by atoms with Gasteiger partial charge in [-0.1, -0.05) is 0 Å². The maximum atomic E-state index is 9.19. The third-order valence-electron chi connectivity index (χ3n) is 3.74. The third-order valence-corrected chi connectivity index (χ3v) is 3.74. The minimum atomic E-state index is 0.0156. The molecule has 3 heteroatoms. The van der Waals surface area contributed by atoms with Crippen LogP contribution in [-0.4, -0.2) is 36.5 Å². The summed E-state index contributed by atoms with van der Waals surface area (Å²) in [6.07, 6.45) is 2.13. The fourth-order valence-corrected chi connectivity index (χ4v) is 2.53. The Kier molecular flexibility index (Phi) is 1.50. The predicted octanol–water partition coefficient (Wildman–Crippen LogP) is -0.659. The lowest BCUT2D eigenvalue weighted by Gasteiger charge is -2.53. The first-order valence-electron chi connectivity index (χ1n) is 4.21. The first kappa shape index (κ1) is 7.53. The molecule has 1 aliphatic heterocycles. The van der Waals surface area contributed by atoms with Crippen LogP contribution in [0.25, 0.3) is 0 Å². The zero-order valence-electron chi connectivity index (χ0n) is 6.64. The van der Waals surface area contributed by atoms with Crippen LogP contribution in [0.3, 0.4) is 0 Å². The lowest BCUT2D eigenvalue weighted by molar-refractivity contribution is -0.101. The van der Waals surface area contributed by atoms with E-state index in [2.05, 4.69) is 5.32 Å². The molecular weight excluding hydrogens is 142 g/mol. The molecule has 1 saturated carbocycles. The average molecular weight is 157 g/mol. The molecule has 0 spiro atoms. The van der Waals surface area contributed by atoms with Crippen molar-refractivity contribution in [3.05, 3.63) is 0 Å². The Bertz CT molecular complexity index is 147. The highest BCUT2D eigenvalue weighted by atomic mass is 16.3. The van der Waals surface area contributed by atoms with Gasteiger partial charge in [-0.15, -0.1) is 0 Å². The van der Waals surface area contributed by atoms with E-state index in [0.29, 0.717) is 0 Å². The maximum Gasteiger partial charge on any atom is 0.0506 e. The fraction of sp³-hybridized carbons (Fsp3) is 1.00. The van der Waals surface area contributed by atoms with Gasteiger partial charge >= 0.3 is 0 Å². The highest BCUT2D eigenvalue weighted by molar-refractivity contribution is 5.12. The smallest absolute Gasteiger partial charge is 0.0506 e. The van der Waals surface area contributed by atoms with Crippen LogP contribution in [0.1, 0.15) is 12.8 Å². The highest BCUT2D eigenvalue weighted by Gasteiger charge is 2.60. The minimum absolute atomic E-state index is 0.0156. The topological polar surface area (TPSA) is 52.5 Å². The predicted molar refractivity (Wildman–Crippen MR) is 41.1 cm³/mol. The van der Waals surface area contributed by atoms with E-state index >= 15 is 0 Å². The Morgan fingerprint density at radius 2 is 1.45 bits per heavy atom. The monoisotopic (exact) mass is 157 g/mol. The first-order chi connectivity index (χ1) is 5.29. The number of hydrogen-bond acceptors (Lipinski definition) is 3. The maximum absolute atomic E-state index is 9.19. The molecule has 0 aromatic heterocycles. The molecule has 1 heterocycles. The van der Waals surface area contributed by atoms with Crippen LogP contribution in [-0.2, 0) is 0 Å². The van der Waals surface area contributed by atoms with Gasteiger partial charge in [-0.3, -0.25) is 0 Å². The number of nitrogens with one attached hydrogen (secondary N) is 1. The van der Waals surface area contributed by atoms with Gasteiger partial charge in [-0.2, -0.15) is 0 Å². The zero-order valence-corrected chi connectivity index (χ0v) is 6.64. The van der Waals surface area contributed by atoms with E-state index in [4.69, 9.17) is 0 Å². The van der Waals surface area contributed by atoms with E-state index in [1.807, 2.05) is 0 Å². The summed E-state index contributed by atoms with van der Waals surface area (Å²) >= 11 is 0. The molecule has 0 bridgehead atoms. The minimum Gasteiger partial charge on any atom is -0.396 e. The van der Waals surface area contributed by atoms with Gasteiger partial charge < -0.3 is 15.5 Å². The van der Waals surface area contributed by atoms with Gasteiger partial charge in [0, 0.05) is 23.9 Å². The molecule has 3 nitrogen and oxygen atoms in total. The molecule has 0 unspecified atom stereocenters. The Morgan fingerprint density at radius 1 is 1.00 bits per heavy atom. The molecular formula is C8H15NO2. The van der Waals surface area contributed by atoms with Gasteiger partial charge in [0.25, 0.3) is 0 Å². The summed E-state index contributed by atoms with van der Waals surface area (Å²) in [4.78, 5) is 0. The van der Waals surface area contributed by atoms with E-state index in [0.717, 1.165) is 25.9 Å². The van der Waals surface area contributed by atoms with Gasteiger partial charge in [-0.25, -0.2) is 0 Å². The molecule has 64 valence electrons. The van der Waals surface area contributed by atoms with E-state index in [1.54, 1.807) is 0 Å². The molecule has 1 aliphatic carbocycles. The van der Waals surface area contributed by atoms with Crippen molar-refractivity contribution < 1.29 is 10.2 Å². The molecule has 2 rings (SSSR count). The summed E-state index contributed by atoms with van der Waals surface area (Å²) in [5, 5.41) is 21.6. The van der Waals surface area contributed by atoms with Gasteiger partial charge in [0.2, 0.25) is 0 Å². The van der Waals surface area contributed by atoms with Crippen molar-refractivity contribution in [1.29, 1.82) is 0 Å². The molecule has 2 atom stereocenters. The van der Waals surface area contributed by atoms with Crippen molar-refractivity contribution in [2.45, 2.75) is 12.8 Å². The van der Waals surface area contributed by atoms with Crippen molar-refractivity contribution in [3.8, 4) is 0 Å². The Balaban J connectivity index is 2.21. The Hall–Kier alpha value is -0.120. The van der Waals surface area contributed by atoms with Crippen molar-refractivity contribution >= 4 is 0 Å². The summed E-state index contributed by atoms with van der Waals surface area (Å²) in [5.74, 6) is 0. The highest BCUT2D eigenvalue weighted by Crippen LogP contribution is 2.58. The van der Waals surface area contributed by atoms with Crippen molar-refractivity contribution in [2.75, 3.05) is 26.3 Å². The zero-order chi connectivity index (χ0) is 7.95. The summed E-state index contributed by atoms with van der Waals surface area (Å²) in [7, 11) is 0. The first-order valence-corrected chi connectivity index (χ1v) is 4.21. The van der Waals surface area contributed by atoms with Crippen LogP contribution >= 0.6 is 0 Å². The van der Waals surface area contributed by atoms with Gasteiger partial charge in [0.15, 0.2) is 0 Å². The Labute approximate surface area is 66.4 Å². The number of hydrogen-bond donors (Lipinski definition) is 3. The quantitative estimate of drug-likeness (QED) is 0.499.